The van der Waals surface area contributed by atoms with Crippen molar-refractivity contribution >= 4 is 17.2 Å². The average Bonchev–Trinajstić information content (AvgIpc) is 3.18. The quantitative estimate of drug-likeness (QED) is 0.511. The number of amides is 1. The van der Waals surface area contributed by atoms with E-state index in [0.717, 1.165) is 17.1 Å². The number of halogens is 1. The Balaban J connectivity index is 1.51. The molecular formula is C23H25FN2O3S. The van der Waals surface area contributed by atoms with E-state index in [0.29, 0.717) is 42.4 Å². The Morgan fingerprint density at radius 2 is 1.90 bits per heavy atom. The molecule has 1 amide bonds. The van der Waals surface area contributed by atoms with Gasteiger partial charge in [0.25, 0.3) is 0 Å². The van der Waals surface area contributed by atoms with Gasteiger partial charge in [0.15, 0.2) is 11.5 Å². The average molecular weight is 429 g/mol. The Kier molecular flexibility index (Phi) is 7.79. The number of carbonyl (C=O) groups is 1. The van der Waals surface area contributed by atoms with Crippen LogP contribution in [0, 0.1) is 5.82 Å². The summed E-state index contributed by atoms with van der Waals surface area (Å²) < 4.78 is 24.6. The van der Waals surface area contributed by atoms with Gasteiger partial charge in [0.05, 0.1) is 25.3 Å². The molecule has 0 bridgehead atoms. The van der Waals surface area contributed by atoms with Crippen LogP contribution >= 0.6 is 11.3 Å². The third-order valence-electron chi connectivity index (χ3n) is 4.31. The number of aromatic nitrogens is 1. The number of hydrogen-bond donors (Lipinski definition) is 1. The molecule has 1 heterocycles. The Morgan fingerprint density at radius 1 is 1.10 bits per heavy atom. The van der Waals surface area contributed by atoms with E-state index < -0.39 is 0 Å². The normalized spacial score (nSPS) is 10.6. The molecule has 0 saturated heterocycles. The Bertz CT molecular complexity index is 990. The molecule has 0 unspecified atom stereocenters. The van der Waals surface area contributed by atoms with E-state index in [2.05, 4.69) is 10.3 Å². The maximum absolute atomic E-state index is 13.4. The van der Waals surface area contributed by atoms with Crippen LogP contribution in [0.3, 0.4) is 0 Å². The van der Waals surface area contributed by atoms with Gasteiger partial charge in [-0.3, -0.25) is 4.79 Å². The van der Waals surface area contributed by atoms with Crippen LogP contribution in [-0.2, 0) is 17.6 Å². The zero-order chi connectivity index (χ0) is 21.3. The molecule has 0 spiro atoms. The highest BCUT2D eigenvalue weighted by Crippen LogP contribution is 2.28. The molecule has 0 radical (unpaired) electrons. The molecule has 0 aliphatic rings. The summed E-state index contributed by atoms with van der Waals surface area (Å²) in [6, 6.07) is 12.1. The van der Waals surface area contributed by atoms with E-state index in [-0.39, 0.29) is 18.1 Å². The molecule has 30 heavy (non-hydrogen) atoms. The van der Waals surface area contributed by atoms with Crippen LogP contribution in [0.25, 0.3) is 10.6 Å². The number of thiazole rings is 1. The Hall–Kier alpha value is -2.93. The zero-order valence-electron chi connectivity index (χ0n) is 17.1. The van der Waals surface area contributed by atoms with Gasteiger partial charge in [0, 0.05) is 17.5 Å². The highest BCUT2D eigenvalue weighted by Gasteiger charge is 2.10. The van der Waals surface area contributed by atoms with Crippen molar-refractivity contribution in [1.29, 1.82) is 0 Å². The lowest BCUT2D eigenvalue weighted by Crippen LogP contribution is -2.27. The van der Waals surface area contributed by atoms with Crippen LogP contribution in [-0.4, -0.2) is 30.6 Å². The third-order valence-corrected chi connectivity index (χ3v) is 5.25. The second-order valence-electron chi connectivity index (χ2n) is 6.58. The van der Waals surface area contributed by atoms with E-state index >= 15 is 0 Å². The molecule has 0 aliphatic heterocycles. The van der Waals surface area contributed by atoms with Gasteiger partial charge >= 0.3 is 0 Å². The highest BCUT2D eigenvalue weighted by molar-refractivity contribution is 7.13. The summed E-state index contributed by atoms with van der Waals surface area (Å²) >= 11 is 1.40. The second-order valence-corrected chi connectivity index (χ2v) is 7.44. The topological polar surface area (TPSA) is 60.5 Å². The van der Waals surface area contributed by atoms with Crippen LogP contribution in [0.15, 0.2) is 47.8 Å². The van der Waals surface area contributed by atoms with Crippen molar-refractivity contribution in [3.8, 4) is 22.1 Å². The second kappa shape index (κ2) is 10.7. The maximum atomic E-state index is 13.4. The van der Waals surface area contributed by atoms with Crippen molar-refractivity contribution in [2.45, 2.75) is 26.7 Å². The monoisotopic (exact) mass is 428 g/mol. The van der Waals surface area contributed by atoms with Crippen molar-refractivity contribution < 1.29 is 18.7 Å². The van der Waals surface area contributed by atoms with Crippen LogP contribution in [0.1, 0.15) is 25.1 Å². The lowest BCUT2D eigenvalue weighted by molar-refractivity contribution is -0.120. The molecule has 158 valence electrons. The molecule has 3 aromatic rings. The van der Waals surface area contributed by atoms with Crippen LogP contribution in [0.4, 0.5) is 4.39 Å². The van der Waals surface area contributed by atoms with Crippen molar-refractivity contribution in [3.05, 3.63) is 64.9 Å². The first-order chi connectivity index (χ1) is 14.6. The van der Waals surface area contributed by atoms with Crippen LogP contribution in [0.2, 0.25) is 0 Å². The highest BCUT2D eigenvalue weighted by atomic mass is 32.1. The summed E-state index contributed by atoms with van der Waals surface area (Å²) in [7, 11) is 0. The van der Waals surface area contributed by atoms with E-state index in [9.17, 15) is 9.18 Å². The molecule has 5 nitrogen and oxygen atoms in total. The first kappa shape index (κ1) is 21.8. The van der Waals surface area contributed by atoms with E-state index in [4.69, 9.17) is 9.47 Å². The molecular weight excluding hydrogens is 403 g/mol. The zero-order valence-corrected chi connectivity index (χ0v) is 17.9. The summed E-state index contributed by atoms with van der Waals surface area (Å²) in [6.07, 6.45) is 0.878. The summed E-state index contributed by atoms with van der Waals surface area (Å²) in [5.41, 5.74) is 2.45. The molecule has 0 fully saturated rings. The van der Waals surface area contributed by atoms with Gasteiger partial charge in [-0.05, 0) is 50.1 Å². The fourth-order valence-corrected chi connectivity index (χ4v) is 3.78. The molecule has 0 aliphatic carbocycles. The Labute approximate surface area is 179 Å². The summed E-state index contributed by atoms with van der Waals surface area (Å²) in [5.74, 6) is 1.05. The number of rotatable bonds is 10. The summed E-state index contributed by atoms with van der Waals surface area (Å²) in [5, 5.41) is 5.46. The van der Waals surface area contributed by atoms with E-state index in [1.807, 2.05) is 37.4 Å². The molecule has 1 N–H and O–H groups in total. The number of nitrogens with one attached hydrogen (secondary N) is 1. The van der Waals surface area contributed by atoms with Crippen LogP contribution < -0.4 is 14.8 Å². The van der Waals surface area contributed by atoms with Crippen molar-refractivity contribution in [2.24, 2.45) is 0 Å². The third kappa shape index (κ3) is 6.03. The number of hydrogen-bond acceptors (Lipinski definition) is 5. The van der Waals surface area contributed by atoms with Crippen LogP contribution in [0.5, 0.6) is 11.5 Å². The number of carbonyl (C=O) groups excluding carboxylic acids is 1. The molecule has 0 atom stereocenters. The summed E-state index contributed by atoms with van der Waals surface area (Å²) in [4.78, 5) is 16.7. The predicted molar refractivity (Wildman–Crippen MR) is 117 cm³/mol. The number of ether oxygens (including phenoxy) is 2. The predicted octanol–water partition coefficient (Wildman–Crippen LogP) is 4.65. The standard InChI is InChI=1S/C23H25FN2O3S/c1-3-28-20-9-8-16(12-21(20)29-4-2)10-11-25-22(27)14-19-15-30-23(26-19)17-6-5-7-18(24)13-17/h5-9,12-13,15H,3-4,10-11,14H2,1-2H3,(H,25,27). The number of benzene rings is 2. The van der Waals surface area contributed by atoms with Gasteiger partial charge in [-0.25, -0.2) is 9.37 Å². The van der Waals surface area contributed by atoms with Gasteiger partial charge < -0.3 is 14.8 Å². The first-order valence-corrected chi connectivity index (χ1v) is 10.8. The van der Waals surface area contributed by atoms with Crippen molar-refractivity contribution in [3.63, 3.8) is 0 Å². The summed E-state index contributed by atoms with van der Waals surface area (Å²) in [6.45, 7) is 5.52. The first-order valence-electron chi connectivity index (χ1n) is 9.94. The lowest BCUT2D eigenvalue weighted by atomic mass is 10.1. The largest absolute Gasteiger partial charge is 0.490 e. The Morgan fingerprint density at radius 3 is 2.67 bits per heavy atom. The van der Waals surface area contributed by atoms with Gasteiger partial charge in [-0.1, -0.05) is 18.2 Å². The molecule has 1 aromatic heterocycles. The fraction of sp³-hybridized carbons (Fsp3) is 0.304. The molecule has 3 rings (SSSR count). The van der Waals surface area contributed by atoms with E-state index in [1.54, 1.807) is 12.1 Å². The van der Waals surface area contributed by atoms with Gasteiger partial charge in [-0.15, -0.1) is 11.3 Å². The lowest BCUT2D eigenvalue weighted by Gasteiger charge is -2.12. The van der Waals surface area contributed by atoms with Gasteiger partial charge in [-0.2, -0.15) is 0 Å². The van der Waals surface area contributed by atoms with Crippen molar-refractivity contribution in [1.82, 2.24) is 10.3 Å². The SMILES string of the molecule is CCOc1ccc(CCNC(=O)Cc2csc(-c3cccc(F)c3)n2)cc1OCC. The molecule has 7 heteroatoms. The van der Waals surface area contributed by atoms with Gasteiger partial charge in [0.2, 0.25) is 5.91 Å². The smallest absolute Gasteiger partial charge is 0.226 e. The fourth-order valence-electron chi connectivity index (χ4n) is 2.97. The number of nitrogens with zero attached hydrogens (tertiary/aromatic N) is 1. The minimum absolute atomic E-state index is 0.0953. The molecule has 2 aromatic carbocycles. The van der Waals surface area contributed by atoms with E-state index in [1.165, 1.54) is 23.5 Å². The van der Waals surface area contributed by atoms with Crippen molar-refractivity contribution in [2.75, 3.05) is 19.8 Å². The minimum Gasteiger partial charge on any atom is -0.490 e. The minimum atomic E-state index is -0.302. The van der Waals surface area contributed by atoms with Gasteiger partial charge in [0.1, 0.15) is 10.8 Å². The molecule has 0 saturated carbocycles. The maximum Gasteiger partial charge on any atom is 0.226 e.